The normalized spacial score (nSPS) is 13.7. The van der Waals surface area contributed by atoms with E-state index in [1.54, 1.807) is 0 Å². The number of rotatable bonds is 8. The van der Waals surface area contributed by atoms with E-state index in [0.717, 1.165) is 39.4 Å². The number of ether oxygens (including phenoxy) is 1. The van der Waals surface area contributed by atoms with Crippen molar-refractivity contribution < 1.29 is 9.53 Å². The highest BCUT2D eigenvalue weighted by atomic mass is 16.5. The van der Waals surface area contributed by atoms with Gasteiger partial charge in [0.05, 0.1) is 22.6 Å². The Morgan fingerprint density at radius 2 is 1.23 bits per heavy atom. The van der Waals surface area contributed by atoms with Gasteiger partial charge in [0, 0.05) is 22.9 Å². The molecule has 6 nitrogen and oxygen atoms in total. The molecule has 6 heteroatoms. The van der Waals surface area contributed by atoms with Gasteiger partial charge in [-0.25, -0.2) is 4.68 Å². The van der Waals surface area contributed by atoms with Gasteiger partial charge in [-0.05, 0) is 60.2 Å². The second-order valence-electron chi connectivity index (χ2n) is 10.3. The Morgan fingerprint density at radius 3 is 1.89 bits per heavy atom. The monoisotopic (exact) mass is 572 g/mol. The van der Waals surface area contributed by atoms with Crippen LogP contribution in [0.2, 0.25) is 0 Å². The summed E-state index contributed by atoms with van der Waals surface area (Å²) in [6.07, 6.45) is 3.86. The molecule has 212 valence electrons. The summed E-state index contributed by atoms with van der Waals surface area (Å²) in [6.45, 7) is 0.488. The van der Waals surface area contributed by atoms with Crippen LogP contribution in [0.1, 0.15) is 16.7 Å². The standard InChI is InChI=1S/C38H28N4O2/c43-38-35(37(29-15-7-2-8-16-29)40-42(38)33-19-11-4-12-20-33)25-31-26-41(32-17-9-3-10-18-32)39-36(31)30-21-23-34(24-22-30)44-27-28-13-5-1-6-14-28/h1-26H,27H2/b35-25-. The van der Waals surface area contributed by atoms with Gasteiger partial charge in [-0.15, -0.1) is 0 Å². The summed E-state index contributed by atoms with van der Waals surface area (Å²) in [5.74, 6) is 0.570. The molecule has 5 aromatic carbocycles. The molecular weight excluding hydrogens is 544 g/mol. The van der Waals surface area contributed by atoms with Crippen molar-refractivity contribution in [3.8, 4) is 22.7 Å². The summed E-state index contributed by atoms with van der Waals surface area (Å²) in [5, 5.41) is 11.2. The zero-order valence-corrected chi connectivity index (χ0v) is 23.8. The summed E-state index contributed by atoms with van der Waals surface area (Å²) < 4.78 is 7.87. The van der Waals surface area contributed by atoms with Gasteiger partial charge in [-0.2, -0.15) is 15.2 Å². The number of para-hydroxylation sites is 2. The third-order valence-corrected chi connectivity index (χ3v) is 7.37. The minimum Gasteiger partial charge on any atom is -0.489 e. The van der Waals surface area contributed by atoms with E-state index in [0.29, 0.717) is 23.6 Å². The molecule has 1 aliphatic heterocycles. The largest absolute Gasteiger partial charge is 0.489 e. The molecule has 0 N–H and O–H groups in total. The van der Waals surface area contributed by atoms with Crippen molar-refractivity contribution in [1.29, 1.82) is 0 Å². The van der Waals surface area contributed by atoms with Crippen molar-refractivity contribution in [3.05, 3.63) is 174 Å². The molecule has 6 aromatic rings. The van der Waals surface area contributed by atoms with Gasteiger partial charge in [0.25, 0.3) is 5.91 Å². The molecule has 0 atom stereocenters. The van der Waals surface area contributed by atoms with Crippen LogP contribution in [0.4, 0.5) is 5.69 Å². The SMILES string of the molecule is O=C1/C(=C\c2cn(-c3ccccc3)nc2-c2ccc(OCc3ccccc3)cc2)C(c2ccccc2)=NN1c1ccccc1. The lowest BCUT2D eigenvalue weighted by Crippen LogP contribution is -2.21. The fourth-order valence-corrected chi connectivity index (χ4v) is 5.13. The van der Waals surface area contributed by atoms with Gasteiger partial charge < -0.3 is 4.74 Å². The topological polar surface area (TPSA) is 59.7 Å². The van der Waals surface area contributed by atoms with Gasteiger partial charge in [-0.3, -0.25) is 4.79 Å². The molecule has 0 fully saturated rings. The zero-order valence-electron chi connectivity index (χ0n) is 23.8. The molecule has 0 spiro atoms. The lowest BCUT2D eigenvalue weighted by atomic mass is 9.99. The number of hydrogen-bond acceptors (Lipinski definition) is 4. The highest BCUT2D eigenvalue weighted by Crippen LogP contribution is 2.32. The summed E-state index contributed by atoms with van der Waals surface area (Å²) in [6, 6.07) is 47.2. The van der Waals surface area contributed by atoms with Crippen LogP contribution in [0.3, 0.4) is 0 Å². The van der Waals surface area contributed by atoms with Gasteiger partial charge in [0.2, 0.25) is 0 Å². The first kappa shape index (κ1) is 26.9. The number of aromatic nitrogens is 2. The summed E-state index contributed by atoms with van der Waals surface area (Å²) >= 11 is 0. The quantitative estimate of drug-likeness (QED) is 0.174. The van der Waals surface area contributed by atoms with Gasteiger partial charge in [0.15, 0.2) is 0 Å². The molecular formula is C38H28N4O2. The highest BCUT2D eigenvalue weighted by Gasteiger charge is 2.32. The fraction of sp³-hybridized carbons (Fsp3) is 0.0263. The van der Waals surface area contributed by atoms with Crippen LogP contribution in [0, 0.1) is 0 Å². The van der Waals surface area contributed by atoms with E-state index in [1.807, 2.05) is 163 Å². The van der Waals surface area contributed by atoms with Crippen LogP contribution in [0.15, 0.2) is 162 Å². The lowest BCUT2D eigenvalue weighted by Gasteiger charge is -2.11. The van der Waals surface area contributed by atoms with Crippen LogP contribution in [-0.2, 0) is 11.4 Å². The summed E-state index contributed by atoms with van der Waals surface area (Å²) in [5.41, 5.74) is 7.16. The van der Waals surface area contributed by atoms with E-state index in [1.165, 1.54) is 5.01 Å². The molecule has 0 aliphatic carbocycles. The molecule has 7 rings (SSSR count). The number of amides is 1. The summed E-state index contributed by atoms with van der Waals surface area (Å²) in [4.78, 5) is 14.0. The van der Waals surface area contributed by atoms with E-state index < -0.39 is 0 Å². The third-order valence-electron chi connectivity index (χ3n) is 7.37. The number of nitrogens with zero attached hydrogens (tertiary/aromatic N) is 4. The molecule has 44 heavy (non-hydrogen) atoms. The minimum atomic E-state index is -0.196. The second kappa shape index (κ2) is 12.1. The van der Waals surface area contributed by atoms with Crippen LogP contribution >= 0.6 is 0 Å². The first-order valence-corrected chi connectivity index (χ1v) is 14.4. The van der Waals surface area contributed by atoms with Crippen LogP contribution < -0.4 is 9.75 Å². The number of hydrogen-bond donors (Lipinski definition) is 0. The molecule has 0 unspecified atom stereocenters. The molecule has 0 saturated carbocycles. The summed E-state index contributed by atoms with van der Waals surface area (Å²) in [7, 11) is 0. The van der Waals surface area contributed by atoms with E-state index in [-0.39, 0.29) is 5.91 Å². The average Bonchev–Trinajstić information content (AvgIpc) is 3.67. The molecule has 0 radical (unpaired) electrons. The number of hydrazone groups is 1. The number of anilines is 1. The first-order chi connectivity index (χ1) is 21.7. The number of carbonyl (C=O) groups excluding carboxylic acids is 1. The Balaban J connectivity index is 1.29. The molecule has 1 aliphatic rings. The molecule has 1 amide bonds. The van der Waals surface area contributed by atoms with Crippen LogP contribution in [-0.4, -0.2) is 21.4 Å². The Kier molecular flexibility index (Phi) is 7.37. The number of carbonyl (C=O) groups is 1. The molecule has 1 aromatic heterocycles. The maximum Gasteiger partial charge on any atom is 0.281 e. The zero-order chi connectivity index (χ0) is 29.7. The Labute approximate surface area is 255 Å². The average molecular weight is 573 g/mol. The van der Waals surface area contributed by atoms with E-state index in [4.69, 9.17) is 14.9 Å². The Hall–Kier alpha value is -6.01. The fourth-order valence-electron chi connectivity index (χ4n) is 5.13. The van der Waals surface area contributed by atoms with Crippen molar-refractivity contribution in [2.45, 2.75) is 6.61 Å². The highest BCUT2D eigenvalue weighted by molar-refractivity contribution is 6.37. The third kappa shape index (κ3) is 5.56. The predicted molar refractivity (Wildman–Crippen MR) is 175 cm³/mol. The van der Waals surface area contributed by atoms with Crippen molar-refractivity contribution in [1.82, 2.24) is 9.78 Å². The van der Waals surface area contributed by atoms with Crippen molar-refractivity contribution >= 4 is 23.4 Å². The smallest absolute Gasteiger partial charge is 0.281 e. The first-order valence-electron chi connectivity index (χ1n) is 14.4. The van der Waals surface area contributed by atoms with E-state index in [2.05, 4.69) is 0 Å². The Morgan fingerprint density at radius 1 is 0.636 bits per heavy atom. The van der Waals surface area contributed by atoms with Crippen molar-refractivity contribution in [2.24, 2.45) is 5.10 Å². The maximum absolute atomic E-state index is 14.0. The molecule has 0 saturated heterocycles. The molecule has 0 bridgehead atoms. The van der Waals surface area contributed by atoms with Crippen molar-refractivity contribution in [2.75, 3.05) is 5.01 Å². The Bertz CT molecular complexity index is 1950. The van der Waals surface area contributed by atoms with E-state index in [9.17, 15) is 4.79 Å². The number of benzene rings is 5. The molecule has 2 heterocycles. The van der Waals surface area contributed by atoms with Gasteiger partial charge in [0.1, 0.15) is 18.1 Å². The predicted octanol–water partition coefficient (Wildman–Crippen LogP) is 7.95. The minimum absolute atomic E-state index is 0.196. The van der Waals surface area contributed by atoms with E-state index >= 15 is 0 Å². The second-order valence-corrected chi connectivity index (χ2v) is 10.3. The van der Waals surface area contributed by atoms with Gasteiger partial charge in [-0.1, -0.05) is 97.1 Å². The maximum atomic E-state index is 14.0. The lowest BCUT2D eigenvalue weighted by molar-refractivity contribution is -0.114. The van der Waals surface area contributed by atoms with Crippen LogP contribution in [0.25, 0.3) is 23.0 Å². The van der Waals surface area contributed by atoms with Crippen LogP contribution in [0.5, 0.6) is 5.75 Å². The van der Waals surface area contributed by atoms with Crippen molar-refractivity contribution in [3.63, 3.8) is 0 Å². The van der Waals surface area contributed by atoms with Gasteiger partial charge >= 0.3 is 0 Å².